The average molecular weight is 284 g/mol. The maximum absolute atomic E-state index is 11.3. The van der Waals surface area contributed by atoms with E-state index < -0.39 is 16.3 Å². The summed E-state index contributed by atoms with van der Waals surface area (Å²) in [6, 6.07) is 4.06. The van der Waals surface area contributed by atoms with Gasteiger partial charge in [-0.05, 0) is 18.6 Å². The van der Waals surface area contributed by atoms with Crippen LogP contribution < -0.4 is 0 Å². The Kier molecular flexibility index (Phi) is 4.77. The third-order valence-electron chi connectivity index (χ3n) is 2.34. The molecular weight excluding hydrogens is 274 g/mol. The number of carboxylic acids is 1. The summed E-state index contributed by atoms with van der Waals surface area (Å²) >= 11 is 5.88. The maximum atomic E-state index is 11.3. The van der Waals surface area contributed by atoms with Crippen molar-refractivity contribution in [1.29, 1.82) is 0 Å². The zero-order chi connectivity index (χ0) is 14.6. The van der Waals surface area contributed by atoms with Crippen LogP contribution in [0.3, 0.4) is 0 Å². The molecule has 6 nitrogen and oxygen atoms in total. The summed E-state index contributed by atoms with van der Waals surface area (Å²) in [7, 11) is 0. The van der Waals surface area contributed by atoms with Gasteiger partial charge in [-0.15, -0.1) is 11.6 Å². The van der Waals surface area contributed by atoms with Crippen LogP contribution in [0.2, 0.25) is 0 Å². The third-order valence-corrected chi connectivity index (χ3v) is 2.88. The minimum atomic E-state index is -1.25. The summed E-state index contributed by atoms with van der Waals surface area (Å²) in [6.45, 7) is 1.25. The summed E-state index contributed by atoms with van der Waals surface area (Å²) in [5.41, 5.74) is -0.0760. The molecule has 0 aliphatic carbocycles. The summed E-state index contributed by atoms with van der Waals surface area (Å²) < 4.78 is 0. The molecule has 0 bridgehead atoms. The quantitative estimate of drug-likeness (QED) is 0.387. The molecule has 0 heterocycles. The number of carboxylic acid groups (broad SMARTS) is 1. The lowest BCUT2D eigenvalue weighted by Crippen LogP contribution is -2.05. The van der Waals surface area contributed by atoms with Gasteiger partial charge in [0, 0.05) is 12.1 Å². The zero-order valence-electron chi connectivity index (χ0n) is 9.87. The third kappa shape index (κ3) is 3.62. The molecule has 0 radical (unpaired) electrons. The molecule has 1 N–H and O–H groups in total. The smallest absolute Gasteiger partial charge is 0.328 e. The number of benzene rings is 1. The van der Waals surface area contributed by atoms with Crippen molar-refractivity contribution in [2.24, 2.45) is 0 Å². The predicted molar refractivity (Wildman–Crippen MR) is 69.0 cm³/mol. The van der Waals surface area contributed by atoms with Crippen molar-refractivity contribution in [3.8, 4) is 0 Å². The lowest BCUT2D eigenvalue weighted by molar-refractivity contribution is -0.385. The van der Waals surface area contributed by atoms with Crippen molar-refractivity contribution < 1.29 is 19.6 Å². The van der Waals surface area contributed by atoms with E-state index in [-0.39, 0.29) is 22.6 Å². The molecule has 1 aromatic carbocycles. The van der Waals surface area contributed by atoms with E-state index in [1.165, 1.54) is 25.1 Å². The average Bonchev–Trinajstić information content (AvgIpc) is 2.34. The van der Waals surface area contributed by atoms with Crippen molar-refractivity contribution in [3.63, 3.8) is 0 Å². The molecule has 0 amide bonds. The van der Waals surface area contributed by atoms with Gasteiger partial charge in [0.15, 0.2) is 5.78 Å². The Morgan fingerprint density at radius 1 is 1.47 bits per heavy atom. The van der Waals surface area contributed by atoms with Crippen LogP contribution in [-0.4, -0.2) is 21.8 Å². The Balaban J connectivity index is 3.46. The molecular formula is C12H10ClNO5. The maximum Gasteiger partial charge on any atom is 0.328 e. The number of Topliss-reactive ketones (excluding diaryl/α,β-unsaturated/α-hetero) is 1. The number of alkyl halides is 1. The van der Waals surface area contributed by atoms with Gasteiger partial charge in [-0.25, -0.2) is 4.79 Å². The van der Waals surface area contributed by atoms with Crippen LogP contribution in [0, 0.1) is 10.1 Å². The fraction of sp³-hybridized carbons (Fsp3) is 0.167. The van der Waals surface area contributed by atoms with Gasteiger partial charge in [0.25, 0.3) is 5.69 Å². The lowest BCUT2D eigenvalue weighted by atomic mass is 10.00. The van der Waals surface area contributed by atoms with Crippen molar-refractivity contribution in [1.82, 2.24) is 0 Å². The highest BCUT2D eigenvalue weighted by Crippen LogP contribution is 2.32. The molecule has 1 unspecified atom stereocenters. The molecule has 0 saturated carbocycles. The number of nitro benzene ring substituents is 1. The Hall–Kier alpha value is -2.21. The Labute approximate surface area is 113 Å². The predicted octanol–water partition coefficient (Wildman–Crippen LogP) is 2.56. The van der Waals surface area contributed by atoms with E-state index in [2.05, 4.69) is 0 Å². The van der Waals surface area contributed by atoms with Crippen LogP contribution in [0.15, 0.2) is 24.3 Å². The number of nitrogens with zero attached hydrogens (tertiary/aromatic N) is 1. The molecule has 0 aliphatic rings. The summed E-state index contributed by atoms with van der Waals surface area (Å²) in [5, 5.41) is 18.4. The normalized spacial score (nSPS) is 12.3. The van der Waals surface area contributed by atoms with Crippen LogP contribution in [0.1, 0.15) is 23.4 Å². The van der Waals surface area contributed by atoms with Gasteiger partial charge in [0.05, 0.1) is 10.5 Å². The second kappa shape index (κ2) is 6.10. The van der Waals surface area contributed by atoms with Gasteiger partial charge in [-0.2, -0.15) is 0 Å². The molecule has 0 aliphatic heterocycles. The van der Waals surface area contributed by atoms with Crippen molar-refractivity contribution in [3.05, 3.63) is 45.5 Å². The van der Waals surface area contributed by atoms with E-state index in [1.807, 2.05) is 0 Å². The Morgan fingerprint density at radius 3 is 2.58 bits per heavy atom. The van der Waals surface area contributed by atoms with Gasteiger partial charge in [-0.1, -0.05) is 12.1 Å². The van der Waals surface area contributed by atoms with Gasteiger partial charge in [0.2, 0.25) is 0 Å². The highest BCUT2D eigenvalue weighted by Gasteiger charge is 2.22. The molecule has 19 heavy (non-hydrogen) atoms. The monoisotopic (exact) mass is 283 g/mol. The van der Waals surface area contributed by atoms with Crippen LogP contribution in [0.5, 0.6) is 0 Å². The van der Waals surface area contributed by atoms with E-state index in [1.54, 1.807) is 0 Å². The molecule has 1 aromatic rings. The van der Waals surface area contributed by atoms with Crippen molar-refractivity contribution in [2.75, 3.05) is 0 Å². The molecule has 1 rings (SSSR count). The molecule has 100 valence electrons. The number of carbonyl (C=O) groups is 2. The van der Waals surface area contributed by atoms with E-state index >= 15 is 0 Å². The number of hydrogen-bond donors (Lipinski definition) is 1. The lowest BCUT2D eigenvalue weighted by Gasteiger charge is -2.10. The number of rotatable bonds is 5. The fourth-order valence-electron chi connectivity index (χ4n) is 1.51. The highest BCUT2D eigenvalue weighted by molar-refractivity contribution is 6.31. The minimum absolute atomic E-state index is 0.0186. The number of hydrogen-bond acceptors (Lipinski definition) is 4. The first-order chi connectivity index (χ1) is 8.84. The van der Waals surface area contributed by atoms with Crippen LogP contribution in [0.25, 0.3) is 6.08 Å². The largest absolute Gasteiger partial charge is 0.478 e. The number of nitro groups is 1. The summed E-state index contributed by atoms with van der Waals surface area (Å²) in [4.78, 5) is 32.0. The van der Waals surface area contributed by atoms with Crippen molar-refractivity contribution in [2.45, 2.75) is 12.3 Å². The fourth-order valence-corrected chi connectivity index (χ4v) is 1.70. The zero-order valence-corrected chi connectivity index (χ0v) is 10.6. The van der Waals surface area contributed by atoms with Gasteiger partial charge < -0.3 is 5.11 Å². The van der Waals surface area contributed by atoms with E-state index in [9.17, 15) is 19.7 Å². The van der Waals surface area contributed by atoms with Crippen LogP contribution >= 0.6 is 11.6 Å². The number of aliphatic carboxylic acids is 1. The van der Waals surface area contributed by atoms with Crippen LogP contribution in [-0.2, 0) is 9.59 Å². The number of ketones is 1. The van der Waals surface area contributed by atoms with E-state index in [0.29, 0.717) is 0 Å². The van der Waals surface area contributed by atoms with Gasteiger partial charge in [0.1, 0.15) is 5.38 Å². The standard InChI is InChI=1S/C12H10ClNO5/c1-7(15)12(13)9-3-2-4-10(14(18)19)8(9)5-6-11(16)17/h2-6,12H,1H3,(H,16,17). The SMILES string of the molecule is CC(=O)C(Cl)c1cccc([N+](=O)[O-])c1C=CC(=O)O. The summed E-state index contributed by atoms with van der Waals surface area (Å²) in [6.07, 6.45) is 1.82. The van der Waals surface area contributed by atoms with Gasteiger partial charge in [-0.3, -0.25) is 14.9 Å². The Bertz CT molecular complexity index is 567. The summed E-state index contributed by atoms with van der Waals surface area (Å²) in [5.74, 6) is -1.63. The molecule has 0 fully saturated rings. The second-order valence-corrected chi connectivity index (χ2v) is 4.12. The first kappa shape index (κ1) is 14.8. The van der Waals surface area contributed by atoms with E-state index in [0.717, 1.165) is 12.2 Å². The number of carbonyl (C=O) groups excluding carboxylic acids is 1. The topological polar surface area (TPSA) is 97.5 Å². The van der Waals surface area contributed by atoms with Crippen molar-refractivity contribution >= 4 is 35.1 Å². The van der Waals surface area contributed by atoms with E-state index in [4.69, 9.17) is 16.7 Å². The molecule has 7 heteroatoms. The first-order valence-corrected chi connectivity index (χ1v) is 5.61. The second-order valence-electron chi connectivity index (χ2n) is 3.68. The molecule has 1 atom stereocenters. The molecule has 0 spiro atoms. The first-order valence-electron chi connectivity index (χ1n) is 5.17. The molecule has 0 saturated heterocycles. The van der Waals surface area contributed by atoms with Crippen LogP contribution in [0.4, 0.5) is 5.69 Å². The Morgan fingerprint density at radius 2 is 2.11 bits per heavy atom. The van der Waals surface area contributed by atoms with Gasteiger partial charge >= 0.3 is 5.97 Å². The minimum Gasteiger partial charge on any atom is -0.478 e. The number of halogens is 1. The molecule has 0 aromatic heterocycles. The highest BCUT2D eigenvalue weighted by atomic mass is 35.5.